The lowest BCUT2D eigenvalue weighted by atomic mass is 10.0. The molecule has 138 valence electrons. The molecular formula is C20H35O3P. The molecule has 0 aromatic heterocycles. The Bertz CT molecular complexity index is 455. The van der Waals surface area contributed by atoms with E-state index in [4.69, 9.17) is 0 Å². The lowest BCUT2D eigenvalue weighted by Gasteiger charge is -2.18. The van der Waals surface area contributed by atoms with Crippen LogP contribution in [-0.2, 0) is 11.0 Å². The van der Waals surface area contributed by atoms with Crippen molar-refractivity contribution in [2.24, 2.45) is 0 Å². The monoisotopic (exact) mass is 354 g/mol. The fourth-order valence-electron chi connectivity index (χ4n) is 3.14. The van der Waals surface area contributed by atoms with Crippen LogP contribution in [-0.4, -0.2) is 15.4 Å². The number of rotatable bonds is 14. The van der Waals surface area contributed by atoms with Crippen LogP contribution < -0.4 is 0 Å². The van der Waals surface area contributed by atoms with Crippen molar-refractivity contribution in [2.75, 3.05) is 0 Å². The molecule has 24 heavy (non-hydrogen) atoms. The molecule has 4 heteroatoms. The Labute approximate surface area is 148 Å². The van der Waals surface area contributed by atoms with Crippen molar-refractivity contribution in [1.29, 1.82) is 0 Å². The van der Waals surface area contributed by atoms with Gasteiger partial charge in [-0.25, -0.2) is 0 Å². The van der Waals surface area contributed by atoms with Crippen LogP contribution in [0.2, 0.25) is 0 Å². The summed E-state index contributed by atoms with van der Waals surface area (Å²) in [5.41, 5.74) is 0.479. The van der Waals surface area contributed by atoms with Crippen LogP contribution in [0.15, 0.2) is 30.3 Å². The van der Waals surface area contributed by atoms with Gasteiger partial charge in [0.15, 0.2) is 0 Å². The van der Waals surface area contributed by atoms with E-state index < -0.39 is 13.3 Å². The highest BCUT2D eigenvalue weighted by Gasteiger charge is 2.28. The van der Waals surface area contributed by atoms with E-state index >= 15 is 0 Å². The van der Waals surface area contributed by atoms with Crippen molar-refractivity contribution >= 4 is 7.60 Å². The molecule has 0 amide bonds. The van der Waals surface area contributed by atoms with Gasteiger partial charge in [-0.05, 0) is 18.4 Å². The molecule has 1 atom stereocenters. The first kappa shape index (κ1) is 21.4. The van der Waals surface area contributed by atoms with Gasteiger partial charge in [0, 0.05) is 0 Å². The molecule has 0 saturated heterocycles. The molecule has 0 aliphatic carbocycles. The summed E-state index contributed by atoms with van der Waals surface area (Å²) in [5, 5.41) is 0. The van der Waals surface area contributed by atoms with Crippen LogP contribution in [0, 0.1) is 0 Å². The van der Waals surface area contributed by atoms with Crippen molar-refractivity contribution in [3.8, 4) is 0 Å². The minimum Gasteiger partial charge on any atom is -0.324 e. The molecule has 0 fully saturated rings. The summed E-state index contributed by atoms with van der Waals surface area (Å²) in [6.07, 6.45) is 13.5. The van der Waals surface area contributed by atoms with Gasteiger partial charge in [0.2, 0.25) is 0 Å². The van der Waals surface area contributed by atoms with Gasteiger partial charge in [0.1, 0.15) is 0 Å². The first-order chi connectivity index (χ1) is 11.5. The average Bonchev–Trinajstić information content (AvgIpc) is 2.55. The highest BCUT2D eigenvalue weighted by molar-refractivity contribution is 7.52. The maximum absolute atomic E-state index is 11.7. The highest BCUT2D eigenvalue weighted by atomic mass is 31.2. The van der Waals surface area contributed by atoms with Crippen LogP contribution in [0.4, 0.5) is 0 Å². The molecule has 2 N–H and O–H groups in total. The van der Waals surface area contributed by atoms with Crippen molar-refractivity contribution in [3.05, 3.63) is 35.9 Å². The Kier molecular flexibility index (Phi) is 11.3. The fraction of sp³-hybridized carbons (Fsp3) is 0.700. The van der Waals surface area contributed by atoms with Gasteiger partial charge in [-0.3, -0.25) is 4.57 Å². The van der Waals surface area contributed by atoms with E-state index in [0.717, 1.165) is 18.4 Å². The zero-order chi connectivity index (χ0) is 17.7. The van der Waals surface area contributed by atoms with Gasteiger partial charge in [-0.1, -0.05) is 101 Å². The maximum atomic E-state index is 11.7. The quantitative estimate of drug-likeness (QED) is 0.314. The SMILES string of the molecule is CCCCCCCCCCCCC(Cc1ccccc1)P(=O)(O)O. The zero-order valence-electron chi connectivity index (χ0n) is 15.2. The number of unbranched alkanes of at least 4 members (excludes halogenated alkanes) is 9. The Morgan fingerprint density at radius 2 is 1.33 bits per heavy atom. The summed E-state index contributed by atoms with van der Waals surface area (Å²) < 4.78 is 11.7. The largest absolute Gasteiger partial charge is 0.328 e. The summed E-state index contributed by atoms with van der Waals surface area (Å²) >= 11 is 0. The molecule has 1 unspecified atom stereocenters. The first-order valence-electron chi connectivity index (χ1n) is 9.63. The standard InChI is InChI=1S/C20H35O3P/c1-2-3-4-5-6-7-8-9-10-14-17-20(24(21,22)23)18-19-15-12-11-13-16-19/h11-13,15-16,20H,2-10,14,17-18H2,1H3,(H2,21,22,23). The van der Waals surface area contributed by atoms with Gasteiger partial charge >= 0.3 is 7.60 Å². The van der Waals surface area contributed by atoms with Gasteiger partial charge < -0.3 is 9.79 Å². The molecule has 1 aromatic carbocycles. The van der Waals surface area contributed by atoms with E-state index in [1.165, 1.54) is 51.4 Å². The molecule has 1 rings (SSSR count). The third-order valence-electron chi connectivity index (χ3n) is 4.68. The second kappa shape index (κ2) is 12.7. The van der Waals surface area contributed by atoms with Crippen LogP contribution in [0.25, 0.3) is 0 Å². The average molecular weight is 354 g/mol. The summed E-state index contributed by atoms with van der Waals surface area (Å²) in [6.45, 7) is 2.24. The third kappa shape index (κ3) is 10.3. The lowest BCUT2D eigenvalue weighted by Crippen LogP contribution is -2.12. The second-order valence-electron chi connectivity index (χ2n) is 6.90. The van der Waals surface area contributed by atoms with E-state index in [0.29, 0.717) is 12.8 Å². The molecule has 0 radical (unpaired) electrons. The maximum Gasteiger partial charge on any atom is 0.328 e. The van der Waals surface area contributed by atoms with E-state index in [-0.39, 0.29) is 0 Å². The second-order valence-corrected chi connectivity index (χ2v) is 8.81. The van der Waals surface area contributed by atoms with Gasteiger partial charge in [-0.15, -0.1) is 0 Å². The van der Waals surface area contributed by atoms with Crippen LogP contribution in [0.5, 0.6) is 0 Å². The molecule has 0 aliphatic heterocycles. The predicted octanol–water partition coefficient (Wildman–Crippen LogP) is 6.09. The summed E-state index contributed by atoms with van der Waals surface area (Å²) in [4.78, 5) is 19.2. The Morgan fingerprint density at radius 1 is 0.833 bits per heavy atom. The first-order valence-corrected chi connectivity index (χ1v) is 11.3. The predicted molar refractivity (Wildman–Crippen MR) is 102 cm³/mol. The number of benzene rings is 1. The molecule has 0 heterocycles. The number of hydrogen-bond donors (Lipinski definition) is 2. The Morgan fingerprint density at radius 3 is 1.83 bits per heavy atom. The number of hydrogen-bond acceptors (Lipinski definition) is 1. The molecule has 3 nitrogen and oxygen atoms in total. The van der Waals surface area contributed by atoms with Crippen LogP contribution >= 0.6 is 7.60 Å². The minimum absolute atomic E-state index is 0.475. The molecular weight excluding hydrogens is 319 g/mol. The van der Waals surface area contributed by atoms with Gasteiger partial charge in [0.05, 0.1) is 5.66 Å². The molecule has 0 bridgehead atoms. The zero-order valence-corrected chi connectivity index (χ0v) is 16.1. The van der Waals surface area contributed by atoms with Crippen molar-refractivity contribution in [2.45, 2.75) is 89.6 Å². The van der Waals surface area contributed by atoms with E-state index in [1.807, 2.05) is 30.3 Å². The smallest absolute Gasteiger partial charge is 0.324 e. The molecule has 0 aliphatic rings. The topological polar surface area (TPSA) is 57.5 Å². The summed E-state index contributed by atoms with van der Waals surface area (Å²) in [7, 11) is -4.02. The Balaban J connectivity index is 2.16. The third-order valence-corrected chi connectivity index (χ3v) is 6.07. The highest BCUT2D eigenvalue weighted by Crippen LogP contribution is 2.45. The van der Waals surface area contributed by atoms with Crippen LogP contribution in [0.1, 0.15) is 83.1 Å². The lowest BCUT2D eigenvalue weighted by molar-refractivity contribution is 0.351. The molecule has 0 saturated carbocycles. The van der Waals surface area contributed by atoms with Gasteiger partial charge in [0.25, 0.3) is 0 Å². The summed E-state index contributed by atoms with van der Waals surface area (Å²) in [5.74, 6) is 0. The van der Waals surface area contributed by atoms with E-state index in [1.54, 1.807) is 0 Å². The minimum atomic E-state index is -4.02. The normalized spacial score (nSPS) is 13.1. The van der Waals surface area contributed by atoms with Gasteiger partial charge in [-0.2, -0.15) is 0 Å². The van der Waals surface area contributed by atoms with Crippen molar-refractivity contribution in [1.82, 2.24) is 0 Å². The van der Waals surface area contributed by atoms with E-state index in [9.17, 15) is 14.4 Å². The fourth-order valence-corrected chi connectivity index (χ4v) is 4.11. The van der Waals surface area contributed by atoms with Crippen molar-refractivity contribution in [3.63, 3.8) is 0 Å². The summed E-state index contributed by atoms with van der Waals surface area (Å²) in [6, 6.07) is 9.67. The van der Waals surface area contributed by atoms with E-state index in [2.05, 4.69) is 6.92 Å². The molecule has 0 spiro atoms. The molecule has 1 aromatic rings. The Hall–Kier alpha value is -0.630. The van der Waals surface area contributed by atoms with Crippen LogP contribution in [0.3, 0.4) is 0 Å². The van der Waals surface area contributed by atoms with Crippen molar-refractivity contribution < 1.29 is 14.4 Å².